The molecule has 7 nitrogen and oxygen atoms in total. The van der Waals surface area contributed by atoms with Crippen molar-refractivity contribution in [3.63, 3.8) is 0 Å². The summed E-state index contributed by atoms with van der Waals surface area (Å²) in [5.41, 5.74) is 1.97. The first-order valence-corrected chi connectivity index (χ1v) is 9.59. The largest absolute Gasteiger partial charge is 0.469 e. The van der Waals surface area contributed by atoms with Gasteiger partial charge in [0.1, 0.15) is 5.92 Å². The van der Waals surface area contributed by atoms with Gasteiger partial charge in [0.05, 0.1) is 23.7 Å². The van der Waals surface area contributed by atoms with Gasteiger partial charge in [-0.2, -0.15) is 0 Å². The Bertz CT molecular complexity index is 1090. The lowest BCUT2D eigenvalue weighted by Gasteiger charge is -2.13. The van der Waals surface area contributed by atoms with Crippen LogP contribution in [0.15, 0.2) is 48.5 Å². The van der Waals surface area contributed by atoms with E-state index in [-0.39, 0.29) is 10.7 Å². The number of nitrogens with one attached hydrogen (secondary N) is 1. The monoisotopic (exact) mass is 410 g/mol. The fourth-order valence-corrected chi connectivity index (χ4v) is 3.72. The summed E-state index contributed by atoms with van der Waals surface area (Å²) < 4.78 is 5.44. The van der Waals surface area contributed by atoms with E-state index in [2.05, 4.69) is 15.0 Å². The van der Waals surface area contributed by atoms with Crippen molar-refractivity contribution in [2.45, 2.75) is 13.3 Å². The van der Waals surface area contributed by atoms with E-state index in [0.717, 1.165) is 17.4 Å². The first-order valence-electron chi connectivity index (χ1n) is 8.77. The molecule has 0 saturated carbocycles. The smallest absolute Gasteiger partial charge is 0.306 e. The van der Waals surface area contributed by atoms with Crippen molar-refractivity contribution >= 4 is 50.1 Å². The molecular formula is C21H18N2O5S. The molecule has 1 atom stereocenters. The molecule has 0 fully saturated rings. The second-order valence-corrected chi connectivity index (χ2v) is 7.40. The van der Waals surface area contributed by atoms with E-state index in [9.17, 15) is 19.2 Å². The van der Waals surface area contributed by atoms with E-state index in [1.807, 2.05) is 25.1 Å². The number of fused-ring (bicyclic) bond motifs is 1. The number of amides is 1. The van der Waals surface area contributed by atoms with Gasteiger partial charge in [0.2, 0.25) is 5.78 Å². The first kappa shape index (κ1) is 20.3. The van der Waals surface area contributed by atoms with Gasteiger partial charge >= 0.3 is 5.97 Å². The summed E-state index contributed by atoms with van der Waals surface area (Å²) in [4.78, 5) is 54.0. The second-order valence-electron chi connectivity index (χ2n) is 6.37. The molecule has 0 saturated heterocycles. The number of benzene rings is 2. The number of hydrogen-bond donors (Lipinski definition) is 1. The Morgan fingerprint density at radius 2 is 1.83 bits per heavy atom. The molecule has 3 aromatic rings. The summed E-state index contributed by atoms with van der Waals surface area (Å²) in [5, 5.41) is 2.69. The molecule has 1 heterocycles. The summed E-state index contributed by atoms with van der Waals surface area (Å²) >= 11 is 1.22. The number of carbonyl (C=O) groups is 4. The minimum absolute atomic E-state index is 0.234. The van der Waals surface area contributed by atoms with Gasteiger partial charge < -0.3 is 4.74 Å². The minimum Gasteiger partial charge on any atom is -0.469 e. The number of anilines is 1. The summed E-state index contributed by atoms with van der Waals surface area (Å²) in [6, 6.07) is 13.7. The highest BCUT2D eigenvalue weighted by Gasteiger charge is 2.35. The van der Waals surface area contributed by atoms with E-state index in [4.69, 9.17) is 0 Å². The van der Waals surface area contributed by atoms with Crippen LogP contribution in [0.3, 0.4) is 0 Å². The Labute approximate surface area is 170 Å². The lowest BCUT2D eigenvalue weighted by Crippen LogP contribution is -2.36. The lowest BCUT2D eigenvalue weighted by atomic mass is 9.90. The fraction of sp³-hybridized carbons (Fsp3) is 0.190. The Morgan fingerprint density at radius 1 is 1.10 bits per heavy atom. The number of hydrogen-bond acceptors (Lipinski definition) is 7. The maximum Gasteiger partial charge on any atom is 0.306 e. The van der Waals surface area contributed by atoms with E-state index in [1.54, 1.807) is 18.2 Å². The molecule has 0 aliphatic rings. The fourth-order valence-electron chi connectivity index (χ4n) is 2.76. The number of rotatable bonds is 7. The van der Waals surface area contributed by atoms with Crippen LogP contribution in [0, 0.1) is 12.8 Å². The van der Waals surface area contributed by atoms with Crippen LogP contribution in [0.1, 0.15) is 22.3 Å². The number of ether oxygens (including phenoxy) is 1. The Morgan fingerprint density at radius 3 is 2.52 bits per heavy atom. The molecule has 0 bridgehead atoms. The number of esters is 1. The molecular weight excluding hydrogens is 392 g/mol. The van der Waals surface area contributed by atoms with Gasteiger partial charge in [-0.05, 0) is 24.6 Å². The van der Waals surface area contributed by atoms with E-state index in [1.165, 1.54) is 23.5 Å². The van der Waals surface area contributed by atoms with Crippen LogP contribution < -0.4 is 5.32 Å². The molecule has 1 aromatic heterocycles. The number of nitrogens with zero attached hydrogens (tertiary/aromatic N) is 1. The zero-order valence-corrected chi connectivity index (χ0v) is 16.6. The standard InChI is InChI=1S/C21H18N2O5S/c1-12-8-9-15-16(10-12)29-21(22-15)23-20(27)19(26)14(11-17(24)28-2)18(25)13-6-4-3-5-7-13/h3-10,14H,11H2,1-2H3,(H,22,23,27)/t14-/m1/s1. The quantitative estimate of drug-likeness (QED) is 0.278. The number of carbonyl (C=O) groups excluding carboxylic acids is 4. The molecule has 2 aromatic carbocycles. The Kier molecular flexibility index (Phi) is 6.13. The van der Waals surface area contributed by atoms with Gasteiger partial charge in [-0.1, -0.05) is 47.7 Å². The first-order chi connectivity index (χ1) is 13.9. The molecule has 1 N–H and O–H groups in total. The Hall–Kier alpha value is -3.39. The third-order valence-electron chi connectivity index (χ3n) is 4.28. The maximum absolute atomic E-state index is 12.8. The lowest BCUT2D eigenvalue weighted by molar-refractivity contribution is -0.144. The molecule has 3 rings (SSSR count). The van der Waals surface area contributed by atoms with Crippen LogP contribution in [0.5, 0.6) is 0 Å². The summed E-state index contributed by atoms with van der Waals surface area (Å²) in [7, 11) is 1.15. The molecule has 8 heteroatoms. The molecule has 0 aliphatic heterocycles. The van der Waals surface area contributed by atoms with Crippen LogP contribution in [0.25, 0.3) is 10.2 Å². The van der Waals surface area contributed by atoms with Gasteiger partial charge in [0.15, 0.2) is 10.9 Å². The number of ketones is 2. The molecule has 1 amide bonds. The van der Waals surface area contributed by atoms with Crippen molar-refractivity contribution in [1.82, 2.24) is 4.98 Å². The molecule has 0 radical (unpaired) electrons. The average Bonchev–Trinajstić information content (AvgIpc) is 3.12. The van der Waals surface area contributed by atoms with Crippen molar-refractivity contribution in [3.8, 4) is 0 Å². The van der Waals surface area contributed by atoms with Gasteiger partial charge in [0, 0.05) is 5.56 Å². The topological polar surface area (TPSA) is 102 Å². The van der Waals surface area contributed by atoms with E-state index in [0.29, 0.717) is 5.52 Å². The predicted octanol–water partition coefficient (Wildman–Crippen LogP) is 3.17. The summed E-state index contributed by atoms with van der Waals surface area (Å²) in [5.74, 6) is -4.85. The number of thiazole rings is 1. The number of aromatic nitrogens is 1. The average molecular weight is 410 g/mol. The molecule has 0 spiro atoms. The third kappa shape index (κ3) is 4.72. The van der Waals surface area contributed by atoms with E-state index < -0.39 is 35.8 Å². The van der Waals surface area contributed by atoms with Gasteiger partial charge in [-0.15, -0.1) is 0 Å². The third-order valence-corrected chi connectivity index (χ3v) is 5.21. The summed E-state index contributed by atoms with van der Waals surface area (Å²) in [6.45, 7) is 1.94. The highest BCUT2D eigenvalue weighted by molar-refractivity contribution is 7.22. The van der Waals surface area contributed by atoms with Crippen molar-refractivity contribution in [2.75, 3.05) is 12.4 Å². The van der Waals surface area contributed by atoms with E-state index >= 15 is 0 Å². The predicted molar refractivity (Wildman–Crippen MR) is 109 cm³/mol. The number of methoxy groups -OCH3 is 1. The van der Waals surface area contributed by atoms with Crippen molar-refractivity contribution in [2.24, 2.45) is 5.92 Å². The zero-order valence-electron chi connectivity index (χ0n) is 15.8. The van der Waals surface area contributed by atoms with Gasteiger partial charge in [-0.3, -0.25) is 24.5 Å². The van der Waals surface area contributed by atoms with Crippen molar-refractivity contribution in [3.05, 3.63) is 59.7 Å². The van der Waals surface area contributed by atoms with Gasteiger partial charge in [0.25, 0.3) is 5.91 Å². The van der Waals surface area contributed by atoms with Gasteiger partial charge in [-0.25, -0.2) is 4.98 Å². The van der Waals surface area contributed by atoms with Crippen LogP contribution in [0.4, 0.5) is 5.13 Å². The molecule has 148 valence electrons. The number of Topliss-reactive ketones (excluding diaryl/α,β-unsaturated/α-hetero) is 2. The van der Waals surface area contributed by atoms with Crippen molar-refractivity contribution in [1.29, 1.82) is 0 Å². The maximum atomic E-state index is 12.8. The Balaban J connectivity index is 1.82. The molecule has 0 aliphatic carbocycles. The van der Waals surface area contributed by atoms with Crippen LogP contribution >= 0.6 is 11.3 Å². The second kappa shape index (κ2) is 8.74. The normalized spacial score (nSPS) is 11.7. The highest BCUT2D eigenvalue weighted by Crippen LogP contribution is 2.27. The highest BCUT2D eigenvalue weighted by atomic mass is 32.1. The van der Waals surface area contributed by atoms with Crippen LogP contribution in [-0.2, 0) is 19.1 Å². The molecule has 0 unspecified atom stereocenters. The van der Waals surface area contributed by atoms with Crippen molar-refractivity contribution < 1.29 is 23.9 Å². The van der Waals surface area contributed by atoms with Crippen LogP contribution in [0.2, 0.25) is 0 Å². The van der Waals surface area contributed by atoms with Crippen LogP contribution in [-0.4, -0.2) is 35.5 Å². The molecule has 29 heavy (non-hydrogen) atoms. The summed E-state index contributed by atoms with van der Waals surface area (Å²) in [6.07, 6.45) is -0.518. The zero-order chi connectivity index (χ0) is 21.0. The number of aryl methyl sites for hydroxylation is 1. The minimum atomic E-state index is -1.47. The SMILES string of the molecule is COC(=O)C[C@@H](C(=O)C(=O)Nc1nc2ccc(C)cc2s1)C(=O)c1ccccc1.